The number of carbonyl (C=O) groups is 1. The molecule has 0 saturated carbocycles. The molecule has 112 valence electrons. The maximum Gasteiger partial charge on any atom is 0.251 e. The molecule has 0 aliphatic rings. The topological polar surface area (TPSA) is 42.0 Å². The average molecular weight is 323 g/mol. The third kappa shape index (κ3) is 4.05. The second-order valence-corrected chi connectivity index (χ2v) is 6.57. The Labute approximate surface area is 134 Å². The van der Waals surface area contributed by atoms with Crippen molar-refractivity contribution in [2.24, 2.45) is 0 Å². The number of aromatic nitrogens is 1. The number of halogens is 1. The summed E-state index contributed by atoms with van der Waals surface area (Å²) in [7, 11) is 0. The average Bonchev–Trinajstić information content (AvgIpc) is 2.97. The van der Waals surface area contributed by atoms with Gasteiger partial charge in [0, 0.05) is 16.1 Å². The first-order valence-electron chi connectivity index (χ1n) is 7.03. The molecular weight excluding hydrogens is 304 g/mol. The predicted octanol–water partition coefficient (Wildman–Crippen LogP) is 4.80. The van der Waals surface area contributed by atoms with Crippen molar-refractivity contribution in [2.75, 3.05) is 0 Å². The van der Waals surface area contributed by atoms with Gasteiger partial charge in [-0.15, -0.1) is 11.3 Å². The summed E-state index contributed by atoms with van der Waals surface area (Å²) in [5.41, 5.74) is 1.39. The molecule has 0 spiro atoms. The second-order valence-electron chi connectivity index (χ2n) is 5.21. The Balaban J connectivity index is 2.20. The Morgan fingerprint density at radius 1 is 1.43 bits per heavy atom. The molecule has 1 unspecified atom stereocenters. The van der Waals surface area contributed by atoms with Gasteiger partial charge in [0.15, 0.2) is 0 Å². The summed E-state index contributed by atoms with van der Waals surface area (Å²) in [6.07, 6.45) is 0.849. The van der Waals surface area contributed by atoms with Crippen molar-refractivity contribution in [2.45, 2.75) is 39.2 Å². The zero-order valence-corrected chi connectivity index (χ0v) is 14.0. The van der Waals surface area contributed by atoms with Crippen LogP contribution in [0.15, 0.2) is 29.6 Å². The van der Waals surface area contributed by atoms with Crippen LogP contribution in [0.5, 0.6) is 0 Å². The van der Waals surface area contributed by atoms with E-state index in [9.17, 15) is 4.79 Å². The summed E-state index contributed by atoms with van der Waals surface area (Å²) in [6, 6.07) is 7.50. The van der Waals surface area contributed by atoms with Gasteiger partial charge in [-0.25, -0.2) is 4.98 Å². The van der Waals surface area contributed by atoms with Crippen LogP contribution in [-0.4, -0.2) is 10.9 Å². The third-order valence-corrected chi connectivity index (χ3v) is 4.45. The molecule has 1 atom stereocenters. The highest BCUT2D eigenvalue weighted by Gasteiger charge is 2.16. The number of rotatable bonds is 5. The first-order chi connectivity index (χ1) is 10.0. The molecule has 0 aromatic carbocycles. The number of hydrogen-bond acceptors (Lipinski definition) is 3. The second kappa shape index (κ2) is 7.05. The Morgan fingerprint density at radius 3 is 2.76 bits per heavy atom. The summed E-state index contributed by atoms with van der Waals surface area (Å²) < 4.78 is 0. The lowest BCUT2D eigenvalue weighted by molar-refractivity contribution is 0.0936. The third-order valence-electron chi connectivity index (χ3n) is 3.27. The van der Waals surface area contributed by atoms with Crippen LogP contribution in [0.1, 0.15) is 60.1 Å². The molecule has 2 aromatic heterocycles. The summed E-state index contributed by atoms with van der Waals surface area (Å²) in [5.74, 6) is 0.121. The molecule has 21 heavy (non-hydrogen) atoms. The van der Waals surface area contributed by atoms with Crippen molar-refractivity contribution in [3.8, 4) is 0 Å². The highest BCUT2D eigenvalue weighted by Crippen LogP contribution is 2.23. The molecule has 5 heteroatoms. The first kappa shape index (κ1) is 16.0. The fourth-order valence-corrected chi connectivity index (χ4v) is 3.13. The fourth-order valence-electron chi connectivity index (χ4n) is 2.05. The summed E-state index contributed by atoms with van der Waals surface area (Å²) >= 11 is 7.67. The molecule has 0 fully saturated rings. The first-order valence-corrected chi connectivity index (χ1v) is 8.28. The van der Waals surface area contributed by atoms with Crippen LogP contribution in [0.3, 0.4) is 0 Å². The molecule has 1 N–H and O–H groups in total. The van der Waals surface area contributed by atoms with Crippen LogP contribution in [0.4, 0.5) is 0 Å². The van der Waals surface area contributed by atoms with E-state index in [1.165, 1.54) is 0 Å². The van der Waals surface area contributed by atoms with Gasteiger partial charge in [-0.05, 0) is 35.9 Å². The molecule has 2 heterocycles. The Kier molecular flexibility index (Phi) is 5.37. The number of amides is 1. The molecule has 2 rings (SSSR count). The number of pyridine rings is 1. The van der Waals surface area contributed by atoms with Crippen molar-refractivity contribution in [1.29, 1.82) is 0 Å². The monoisotopic (exact) mass is 322 g/mol. The number of nitrogens with zero attached hydrogens (tertiary/aromatic N) is 1. The smallest absolute Gasteiger partial charge is 0.251 e. The number of carbonyl (C=O) groups excluding carboxylic acids is 1. The summed E-state index contributed by atoms with van der Waals surface area (Å²) in [5, 5.41) is 5.44. The van der Waals surface area contributed by atoms with E-state index in [2.05, 4.69) is 17.2 Å². The van der Waals surface area contributed by atoms with Crippen LogP contribution in [0.25, 0.3) is 0 Å². The van der Waals surface area contributed by atoms with E-state index < -0.39 is 0 Å². The van der Waals surface area contributed by atoms with Gasteiger partial charge in [0.2, 0.25) is 0 Å². The van der Waals surface area contributed by atoms with Gasteiger partial charge in [-0.1, -0.05) is 38.4 Å². The van der Waals surface area contributed by atoms with Crippen molar-refractivity contribution < 1.29 is 4.79 Å². The molecule has 0 saturated heterocycles. The molecule has 0 aliphatic heterocycles. The highest BCUT2D eigenvalue weighted by atomic mass is 35.5. The van der Waals surface area contributed by atoms with Crippen LogP contribution in [0, 0.1) is 0 Å². The van der Waals surface area contributed by atoms with Crippen LogP contribution in [0.2, 0.25) is 5.15 Å². The largest absolute Gasteiger partial charge is 0.344 e. The van der Waals surface area contributed by atoms with E-state index in [1.807, 2.05) is 37.4 Å². The van der Waals surface area contributed by atoms with Gasteiger partial charge in [0.25, 0.3) is 5.91 Å². The van der Waals surface area contributed by atoms with Gasteiger partial charge in [-0.2, -0.15) is 0 Å². The molecule has 0 radical (unpaired) electrons. The predicted molar refractivity (Wildman–Crippen MR) is 88.2 cm³/mol. The zero-order valence-electron chi connectivity index (χ0n) is 12.4. The van der Waals surface area contributed by atoms with E-state index in [-0.39, 0.29) is 17.9 Å². The van der Waals surface area contributed by atoms with Crippen molar-refractivity contribution in [3.05, 3.63) is 50.9 Å². The van der Waals surface area contributed by atoms with Gasteiger partial charge < -0.3 is 5.32 Å². The van der Waals surface area contributed by atoms with Gasteiger partial charge >= 0.3 is 0 Å². The lowest BCUT2D eigenvalue weighted by Gasteiger charge is -2.16. The normalized spacial score (nSPS) is 12.4. The fraction of sp³-hybridized carbons (Fsp3) is 0.375. The summed E-state index contributed by atoms with van der Waals surface area (Å²) in [6.45, 7) is 6.12. The Bertz CT molecular complexity index is 611. The van der Waals surface area contributed by atoms with E-state index in [1.54, 1.807) is 17.4 Å². The van der Waals surface area contributed by atoms with Crippen molar-refractivity contribution in [1.82, 2.24) is 10.3 Å². The molecule has 0 aliphatic carbocycles. The van der Waals surface area contributed by atoms with Crippen molar-refractivity contribution >= 4 is 28.8 Å². The summed E-state index contributed by atoms with van der Waals surface area (Å²) in [4.78, 5) is 17.9. The SMILES string of the molecule is CCC(NC(=O)c1cc(Cl)nc(C(C)C)c1)c1cccs1. The quantitative estimate of drug-likeness (QED) is 0.803. The number of thiophene rings is 1. The zero-order chi connectivity index (χ0) is 15.4. The molecular formula is C16H19ClN2OS. The lowest BCUT2D eigenvalue weighted by atomic mass is 10.1. The van der Waals surface area contributed by atoms with Gasteiger partial charge in [-0.3, -0.25) is 4.79 Å². The molecule has 1 amide bonds. The van der Waals surface area contributed by atoms with Crippen molar-refractivity contribution in [3.63, 3.8) is 0 Å². The minimum absolute atomic E-state index is 0.0342. The van der Waals surface area contributed by atoms with Gasteiger partial charge in [0.1, 0.15) is 5.15 Å². The minimum Gasteiger partial charge on any atom is -0.344 e. The molecule has 0 bridgehead atoms. The molecule has 2 aromatic rings. The number of hydrogen-bond donors (Lipinski definition) is 1. The van der Waals surface area contributed by atoms with E-state index in [0.717, 1.165) is 17.0 Å². The maximum atomic E-state index is 12.4. The molecule has 3 nitrogen and oxygen atoms in total. The standard InChI is InChI=1S/C16H19ClN2OS/c1-4-12(14-6-5-7-21-14)19-16(20)11-8-13(10(2)3)18-15(17)9-11/h5-10,12H,4H2,1-3H3,(H,19,20). The Hall–Kier alpha value is -1.39. The Morgan fingerprint density at radius 2 is 2.19 bits per heavy atom. The van der Waals surface area contributed by atoms with E-state index >= 15 is 0 Å². The van der Waals surface area contributed by atoms with Gasteiger partial charge in [0.05, 0.1) is 6.04 Å². The van der Waals surface area contributed by atoms with E-state index in [4.69, 9.17) is 11.6 Å². The highest BCUT2D eigenvalue weighted by molar-refractivity contribution is 7.10. The van der Waals surface area contributed by atoms with Crippen LogP contribution < -0.4 is 5.32 Å². The minimum atomic E-state index is -0.110. The van der Waals surface area contributed by atoms with Crippen LogP contribution in [-0.2, 0) is 0 Å². The van der Waals surface area contributed by atoms with E-state index in [0.29, 0.717) is 10.7 Å². The number of nitrogens with one attached hydrogen (secondary N) is 1. The maximum absolute atomic E-state index is 12.4. The van der Waals surface area contributed by atoms with Crippen LogP contribution >= 0.6 is 22.9 Å². The lowest BCUT2D eigenvalue weighted by Crippen LogP contribution is -2.27.